The average Bonchev–Trinajstić information content (AvgIpc) is 2.86. The first-order chi connectivity index (χ1) is 9.26. The Kier molecular flexibility index (Phi) is 3.61. The predicted molar refractivity (Wildman–Crippen MR) is 74.2 cm³/mol. The third kappa shape index (κ3) is 2.69. The first-order valence-corrected chi connectivity index (χ1v) is 7.29. The molecule has 1 aromatic carbocycles. The highest BCUT2D eigenvalue weighted by atomic mass is 79.9. The summed E-state index contributed by atoms with van der Waals surface area (Å²) in [6, 6.07) is 3.79. The van der Waals surface area contributed by atoms with Gasteiger partial charge in [0.25, 0.3) is 0 Å². The summed E-state index contributed by atoms with van der Waals surface area (Å²) in [5.74, 6) is 1.31. The lowest BCUT2D eigenvalue weighted by Gasteiger charge is -2.20. The maximum Gasteiger partial charge on any atom is 0.179 e. The molecule has 1 aromatic heterocycles. The summed E-state index contributed by atoms with van der Waals surface area (Å²) in [6.45, 7) is 1.67. The highest BCUT2D eigenvalue weighted by Gasteiger charge is 2.16. The monoisotopic (exact) mass is 343 g/mol. The van der Waals surface area contributed by atoms with E-state index < -0.39 is 0 Å². The van der Waals surface area contributed by atoms with E-state index in [2.05, 4.69) is 26.2 Å². The van der Waals surface area contributed by atoms with Crippen molar-refractivity contribution in [1.82, 2.24) is 15.0 Å². The summed E-state index contributed by atoms with van der Waals surface area (Å²) in [5, 5.41) is 9.32. The van der Waals surface area contributed by atoms with Crippen LogP contribution < -0.4 is 9.47 Å². The van der Waals surface area contributed by atoms with Crippen molar-refractivity contribution in [3.63, 3.8) is 0 Å². The molecule has 7 heteroatoms. The Hall–Kier alpha value is -1.27. The number of hydrogen-bond acceptors (Lipinski definition) is 4. The molecule has 0 bridgehead atoms. The maximum absolute atomic E-state index is 6.19. The average molecular weight is 345 g/mol. The van der Waals surface area contributed by atoms with Crippen LogP contribution >= 0.6 is 27.5 Å². The molecule has 0 radical (unpaired) electrons. The molecule has 1 aliphatic rings. The molecule has 3 rings (SSSR count). The van der Waals surface area contributed by atoms with Crippen LogP contribution in [0.1, 0.15) is 11.3 Å². The molecule has 0 fully saturated rings. The van der Waals surface area contributed by atoms with Crippen LogP contribution in [0.25, 0.3) is 0 Å². The first-order valence-electron chi connectivity index (χ1n) is 5.79. The Morgan fingerprint density at radius 2 is 2.16 bits per heavy atom. The summed E-state index contributed by atoms with van der Waals surface area (Å²) >= 11 is 9.53. The lowest BCUT2D eigenvalue weighted by molar-refractivity contribution is 0.171. The number of nitrogens with zero attached hydrogens (tertiary/aromatic N) is 3. The zero-order chi connectivity index (χ0) is 13.2. The topological polar surface area (TPSA) is 49.2 Å². The number of aromatic nitrogens is 3. The summed E-state index contributed by atoms with van der Waals surface area (Å²) in [4.78, 5) is 0. The lowest BCUT2D eigenvalue weighted by Crippen LogP contribution is -2.16. The van der Waals surface area contributed by atoms with Gasteiger partial charge in [0, 0.05) is 11.5 Å². The summed E-state index contributed by atoms with van der Waals surface area (Å²) in [6.07, 6.45) is 1.89. The number of halogens is 2. The van der Waals surface area contributed by atoms with E-state index in [9.17, 15) is 0 Å². The minimum atomic E-state index is 0.532. The Morgan fingerprint density at radius 3 is 2.95 bits per heavy atom. The van der Waals surface area contributed by atoms with Crippen LogP contribution in [0.4, 0.5) is 0 Å². The van der Waals surface area contributed by atoms with Gasteiger partial charge in [0.15, 0.2) is 11.5 Å². The van der Waals surface area contributed by atoms with Crippen molar-refractivity contribution in [2.24, 2.45) is 0 Å². The normalized spacial score (nSPS) is 13.6. The molecule has 0 saturated carbocycles. The van der Waals surface area contributed by atoms with E-state index in [0.717, 1.165) is 11.3 Å². The molecule has 0 amide bonds. The fourth-order valence-electron chi connectivity index (χ4n) is 1.92. The van der Waals surface area contributed by atoms with Crippen LogP contribution in [0, 0.1) is 0 Å². The van der Waals surface area contributed by atoms with Gasteiger partial charge >= 0.3 is 0 Å². The summed E-state index contributed by atoms with van der Waals surface area (Å²) in [5.41, 5.74) is 1.89. The van der Waals surface area contributed by atoms with Gasteiger partial charge in [-0.2, -0.15) is 0 Å². The Labute approximate surface area is 123 Å². The second-order valence-corrected chi connectivity index (χ2v) is 5.11. The predicted octanol–water partition coefficient (Wildman–Crippen LogP) is 2.65. The molecule has 100 valence electrons. The highest BCUT2D eigenvalue weighted by molar-refractivity contribution is 9.08. The SMILES string of the molecule is Clc1cc(Cn2cc(CBr)nn2)cc2c1OCCO2. The van der Waals surface area contributed by atoms with Gasteiger partial charge in [0.05, 0.1) is 17.3 Å². The molecule has 1 aliphatic heterocycles. The van der Waals surface area contributed by atoms with E-state index in [1.54, 1.807) is 4.68 Å². The van der Waals surface area contributed by atoms with Gasteiger partial charge in [-0.1, -0.05) is 32.7 Å². The third-order valence-electron chi connectivity index (χ3n) is 2.72. The lowest BCUT2D eigenvalue weighted by atomic mass is 10.2. The van der Waals surface area contributed by atoms with Gasteiger partial charge in [-0.05, 0) is 17.7 Å². The number of benzene rings is 1. The quantitative estimate of drug-likeness (QED) is 0.803. The number of rotatable bonds is 3. The van der Waals surface area contributed by atoms with Crippen LogP contribution in [-0.2, 0) is 11.9 Å². The molecular weight excluding hydrogens is 334 g/mol. The van der Waals surface area contributed by atoms with Gasteiger partial charge in [-0.3, -0.25) is 0 Å². The van der Waals surface area contributed by atoms with Crippen LogP contribution in [0.15, 0.2) is 18.3 Å². The van der Waals surface area contributed by atoms with Crippen LogP contribution in [0.5, 0.6) is 11.5 Å². The molecule has 2 heterocycles. The molecule has 0 saturated heterocycles. The van der Waals surface area contributed by atoms with E-state index in [4.69, 9.17) is 21.1 Å². The van der Waals surface area contributed by atoms with E-state index in [1.807, 2.05) is 18.3 Å². The second-order valence-electron chi connectivity index (χ2n) is 4.14. The van der Waals surface area contributed by atoms with E-state index in [0.29, 0.717) is 41.6 Å². The van der Waals surface area contributed by atoms with Crippen molar-refractivity contribution in [2.75, 3.05) is 13.2 Å². The van der Waals surface area contributed by atoms with Gasteiger partial charge < -0.3 is 9.47 Å². The van der Waals surface area contributed by atoms with Crippen molar-refractivity contribution in [3.8, 4) is 11.5 Å². The third-order valence-corrected chi connectivity index (χ3v) is 3.58. The van der Waals surface area contributed by atoms with Crippen molar-refractivity contribution in [2.45, 2.75) is 11.9 Å². The number of alkyl halides is 1. The molecular formula is C12H11BrClN3O2. The highest BCUT2D eigenvalue weighted by Crippen LogP contribution is 2.38. The minimum Gasteiger partial charge on any atom is -0.486 e. The Balaban J connectivity index is 1.86. The van der Waals surface area contributed by atoms with Crippen molar-refractivity contribution in [3.05, 3.63) is 34.6 Å². The molecule has 2 aromatic rings. The van der Waals surface area contributed by atoms with Gasteiger partial charge in [0.1, 0.15) is 13.2 Å². The Bertz CT molecular complexity index is 603. The van der Waals surface area contributed by atoms with E-state index >= 15 is 0 Å². The zero-order valence-electron chi connectivity index (χ0n) is 9.97. The van der Waals surface area contributed by atoms with Crippen LogP contribution in [-0.4, -0.2) is 28.2 Å². The zero-order valence-corrected chi connectivity index (χ0v) is 12.3. The fourth-order valence-corrected chi connectivity index (χ4v) is 2.46. The molecule has 0 atom stereocenters. The van der Waals surface area contributed by atoms with Crippen molar-refractivity contribution >= 4 is 27.5 Å². The Morgan fingerprint density at radius 1 is 1.32 bits per heavy atom. The first kappa shape index (κ1) is 12.7. The van der Waals surface area contributed by atoms with Crippen LogP contribution in [0.3, 0.4) is 0 Å². The molecule has 0 aliphatic carbocycles. The number of ether oxygens (including phenoxy) is 2. The number of fused-ring (bicyclic) bond motifs is 1. The number of hydrogen-bond donors (Lipinski definition) is 0. The molecule has 0 N–H and O–H groups in total. The summed E-state index contributed by atoms with van der Waals surface area (Å²) in [7, 11) is 0. The largest absolute Gasteiger partial charge is 0.486 e. The smallest absolute Gasteiger partial charge is 0.179 e. The van der Waals surface area contributed by atoms with Crippen LogP contribution in [0.2, 0.25) is 5.02 Å². The van der Waals surface area contributed by atoms with Crippen molar-refractivity contribution in [1.29, 1.82) is 0 Å². The van der Waals surface area contributed by atoms with E-state index in [1.165, 1.54) is 0 Å². The van der Waals surface area contributed by atoms with Crippen molar-refractivity contribution < 1.29 is 9.47 Å². The molecule has 19 heavy (non-hydrogen) atoms. The second kappa shape index (κ2) is 5.38. The standard InChI is InChI=1S/C12H11BrClN3O2/c13-5-9-7-17(16-15-9)6-8-3-10(14)12-11(4-8)18-1-2-19-12/h3-4,7H,1-2,5-6H2. The van der Waals surface area contributed by atoms with Gasteiger partial charge in [-0.25, -0.2) is 4.68 Å². The van der Waals surface area contributed by atoms with E-state index in [-0.39, 0.29) is 0 Å². The molecule has 0 unspecified atom stereocenters. The maximum atomic E-state index is 6.19. The fraction of sp³-hybridized carbons (Fsp3) is 0.333. The van der Waals surface area contributed by atoms with Gasteiger partial charge in [-0.15, -0.1) is 5.10 Å². The minimum absolute atomic E-state index is 0.532. The van der Waals surface area contributed by atoms with Gasteiger partial charge in [0.2, 0.25) is 0 Å². The molecule has 0 spiro atoms. The molecule has 5 nitrogen and oxygen atoms in total. The summed E-state index contributed by atoms with van der Waals surface area (Å²) < 4.78 is 12.8.